The summed E-state index contributed by atoms with van der Waals surface area (Å²) in [4.78, 5) is 13.0. The lowest BCUT2D eigenvalue weighted by atomic mass is 10.4. The molecule has 0 spiro atoms. The average molecular weight is 207 g/mol. The number of hydrogen-bond acceptors (Lipinski definition) is 4. The van der Waals surface area contributed by atoms with Gasteiger partial charge in [0.05, 0.1) is 19.3 Å². The van der Waals surface area contributed by atoms with E-state index in [2.05, 4.69) is 16.2 Å². The second kappa shape index (κ2) is 5.12. The Labute approximate surface area is 88.0 Å². The standard InChI is InChI=1S/C9H13N5O/c1-3-5-13(2)9(15)8-7-14(6-4-10)12-11-8/h1,7H,4-6,10H2,2H3. The van der Waals surface area contributed by atoms with Crippen LogP contribution in [0.1, 0.15) is 10.5 Å². The van der Waals surface area contributed by atoms with Crippen LogP contribution in [-0.2, 0) is 6.54 Å². The third-order valence-corrected chi connectivity index (χ3v) is 1.79. The number of rotatable bonds is 4. The Bertz CT molecular complexity index is 378. The van der Waals surface area contributed by atoms with E-state index in [1.165, 1.54) is 9.58 Å². The Balaban J connectivity index is 2.70. The predicted octanol–water partition coefficient (Wildman–Crippen LogP) is -1.06. The van der Waals surface area contributed by atoms with Crippen molar-refractivity contribution in [1.82, 2.24) is 19.9 Å². The summed E-state index contributed by atoms with van der Waals surface area (Å²) in [5, 5.41) is 7.49. The molecule has 0 aliphatic rings. The van der Waals surface area contributed by atoms with Gasteiger partial charge < -0.3 is 10.6 Å². The Morgan fingerprint density at radius 1 is 1.80 bits per heavy atom. The Hall–Kier alpha value is -1.87. The molecular formula is C9H13N5O. The molecule has 0 fully saturated rings. The van der Waals surface area contributed by atoms with E-state index in [1.807, 2.05) is 0 Å². The quantitative estimate of drug-likeness (QED) is 0.638. The van der Waals surface area contributed by atoms with E-state index in [0.29, 0.717) is 13.1 Å². The van der Waals surface area contributed by atoms with Crippen molar-refractivity contribution in [3.63, 3.8) is 0 Å². The normalized spacial score (nSPS) is 9.67. The molecule has 0 saturated heterocycles. The van der Waals surface area contributed by atoms with E-state index in [1.54, 1.807) is 13.2 Å². The monoisotopic (exact) mass is 207 g/mol. The first-order chi connectivity index (χ1) is 7.19. The molecule has 1 aromatic heterocycles. The molecule has 1 aromatic rings. The number of carbonyl (C=O) groups is 1. The lowest BCUT2D eigenvalue weighted by molar-refractivity contribution is 0.0807. The van der Waals surface area contributed by atoms with Crippen LogP contribution in [0.25, 0.3) is 0 Å². The summed E-state index contributed by atoms with van der Waals surface area (Å²) in [5.74, 6) is 2.14. The molecule has 80 valence electrons. The van der Waals surface area contributed by atoms with Crippen LogP contribution >= 0.6 is 0 Å². The molecule has 1 heterocycles. The average Bonchev–Trinajstić information content (AvgIpc) is 2.66. The summed E-state index contributed by atoms with van der Waals surface area (Å²) in [5.41, 5.74) is 5.62. The van der Waals surface area contributed by atoms with Crippen molar-refractivity contribution in [3.8, 4) is 12.3 Å². The molecular weight excluding hydrogens is 194 g/mol. The smallest absolute Gasteiger partial charge is 0.276 e. The third kappa shape index (κ3) is 2.79. The second-order valence-corrected chi connectivity index (χ2v) is 3.02. The van der Waals surface area contributed by atoms with Gasteiger partial charge in [0.2, 0.25) is 0 Å². The van der Waals surface area contributed by atoms with Gasteiger partial charge in [-0.05, 0) is 0 Å². The minimum Gasteiger partial charge on any atom is -0.329 e. The Kier molecular flexibility index (Phi) is 3.83. The van der Waals surface area contributed by atoms with Gasteiger partial charge >= 0.3 is 0 Å². The van der Waals surface area contributed by atoms with E-state index in [-0.39, 0.29) is 18.1 Å². The summed E-state index contributed by atoms with van der Waals surface area (Å²) in [7, 11) is 1.62. The molecule has 0 aliphatic heterocycles. The number of nitrogens with zero attached hydrogens (tertiary/aromatic N) is 4. The molecule has 15 heavy (non-hydrogen) atoms. The fourth-order valence-electron chi connectivity index (χ4n) is 1.04. The number of hydrogen-bond donors (Lipinski definition) is 1. The zero-order valence-electron chi connectivity index (χ0n) is 8.55. The predicted molar refractivity (Wildman–Crippen MR) is 54.9 cm³/mol. The molecule has 2 N–H and O–H groups in total. The zero-order chi connectivity index (χ0) is 11.3. The second-order valence-electron chi connectivity index (χ2n) is 3.02. The summed E-state index contributed by atoms with van der Waals surface area (Å²) in [6.45, 7) is 1.25. The number of carbonyl (C=O) groups excluding carboxylic acids is 1. The highest BCUT2D eigenvalue weighted by Gasteiger charge is 2.14. The van der Waals surface area contributed by atoms with Crippen molar-refractivity contribution < 1.29 is 4.79 Å². The summed E-state index contributed by atoms with van der Waals surface area (Å²) >= 11 is 0. The minimum absolute atomic E-state index is 0.240. The molecule has 0 aromatic carbocycles. The zero-order valence-corrected chi connectivity index (χ0v) is 8.55. The number of aromatic nitrogens is 3. The van der Waals surface area contributed by atoms with Crippen LogP contribution in [-0.4, -0.2) is 45.9 Å². The SMILES string of the molecule is C#CCN(C)C(=O)c1cn(CCN)nn1. The van der Waals surface area contributed by atoms with Crippen LogP contribution < -0.4 is 5.73 Å². The van der Waals surface area contributed by atoms with Crippen molar-refractivity contribution in [2.45, 2.75) is 6.54 Å². The van der Waals surface area contributed by atoms with Crippen LogP contribution in [0.3, 0.4) is 0 Å². The molecule has 1 rings (SSSR count). The first kappa shape index (κ1) is 11.2. The molecule has 0 saturated carbocycles. The van der Waals surface area contributed by atoms with Gasteiger partial charge in [0.25, 0.3) is 5.91 Å². The van der Waals surface area contributed by atoms with E-state index in [0.717, 1.165) is 0 Å². The lowest BCUT2D eigenvalue weighted by Gasteiger charge is -2.10. The topological polar surface area (TPSA) is 77.0 Å². The Morgan fingerprint density at radius 3 is 3.13 bits per heavy atom. The van der Waals surface area contributed by atoms with Crippen LogP contribution in [0.15, 0.2) is 6.20 Å². The van der Waals surface area contributed by atoms with E-state index < -0.39 is 0 Å². The van der Waals surface area contributed by atoms with Crippen molar-refractivity contribution >= 4 is 5.91 Å². The highest BCUT2D eigenvalue weighted by molar-refractivity contribution is 5.91. The van der Waals surface area contributed by atoms with Crippen LogP contribution in [0.2, 0.25) is 0 Å². The fourth-order valence-corrected chi connectivity index (χ4v) is 1.04. The molecule has 0 bridgehead atoms. The largest absolute Gasteiger partial charge is 0.329 e. The van der Waals surface area contributed by atoms with Gasteiger partial charge in [-0.15, -0.1) is 11.5 Å². The van der Waals surface area contributed by atoms with Crippen molar-refractivity contribution in [2.75, 3.05) is 20.1 Å². The first-order valence-electron chi connectivity index (χ1n) is 4.48. The highest BCUT2D eigenvalue weighted by Crippen LogP contribution is 1.98. The van der Waals surface area contributed by atoms with Gasteiger partial charge in [0.1, 0.15) is 0 Å². The maximum atomic E-state index is 11.6. The molecule has 6 heteroatoms. The number of nitrogens with two attached hydrogens (primary N) is 1. The van der Waals surface area contributed by atoms with Gasteiger partial charge in [0.15, 0.2) is 5.69 Å². The number of terminal acetylenes is 1. The van der Waals surface area contributed by atoms with Gasteiger partial charge in [-0.25, -0.2) is 0 Å². The van der Waals surface area contributed by atoms with E-state index in [4.69, 9.17) is 12.2 Å². The number of amides is 1. The summed E-state index contributed by atoms with van der Waals surface area (Å²) < 4.78 is 1.52. The van der Waals surface area contributed by atoms with Crippen LogP contribution in [0, 0.1) is 12.3 Å². The fraction of sp³-hybridized carbons (Fsp3) is 0.444. The summed E-state index contributed by atoms with van der Waals surface area (Å²) in [6.07, 6.45) is 6.65. The van der Waals surface area contributed by atoms with E-state index in [9.17, 15) is 4.79 Å². The van der Waals surface area contributed by atoms with Crippen LogP contribution in [0.4, 0.5) is 0 Å². The maximum absolute atomic E-state index is 11.6. The third-order valence-electron chi connectivity index (χ3n) is 1.79. The van der Waals surface area contributed by atoms with Gasteiger partial charge in [-0.2, -0.15) is 0 Å². The summed E-state index contributed by atoms with van der Waals surface area (Å²) in [6, 6.07) is 0. The molecule has 0 atom stereocenters. The molecule has 0 aliphatic carbocycles. The van der Waals surface area contributed by atoms with Crippen molar-refractivity contribution in [1.29, 1.82) is 0 Å². The van der Waals surface area contributed by atoms with Gasteiger partial charge in [-0.3, -0.25) is 9.48 Å². The van der Waals surface area contributed by atoms with Crippen LogP contribution in [0.5, 0.6) is 0 Å². The Morgan fingerprint density at radius 2 is 2.53 bits per heavy atom. The molecule has 6 nitrogen and oxygen atoms in total. The highest BCUT2D eigenvalue weighted by atomic mass is 16.2. The van der Waals surface area contributed by atoms with Crippen molar-refractivity contribution in [2.24, 2.45) is 5.73 Å². The molecule has 0 unspecified atom stereocenters. The lowest BCUT2D eigenvalue weighted by Crippen LogP contribution is -2.27. The molecule has 0 radical (unpaired) electrons. The van der Waals surface area contributed by atoms with E-state index >= 15 is 0 Å². The first-order valence-corrected chi connectivity index (χ1v) is 4.48. The van der Waals surface area contributed by atoms with Gasteiger partial charge in [0, 0.05) is 13.6 Å². The maximum Gasteiger partial charge on any atom is 0.276 e. The molecule has 1 amide bonds. The van der Waals surface area contributed by atoms with Gasteiger partial charge in [-0.1, -0.05) is 11.1 Å². The van der Waals surface area contributed by atoms with Crippen molar-refractivity contribution in [3.05, 3.63) is 11.9 Å². The minimum atomic E-state index is -0.240.